The molecular weight excluding hydrogens is 246 g/mol. The summed E-state index contributed by atoms with van der Waals surface area (Å²) in [6, 6.07) is 0.115. The lowest BCUT2D eigenvalue weighted by Crippen LogP contribution is -2.26. The van der Waals surface area contributed by atoms with Gasteiger partial charge < -0.3 is 9.64 Å². The van der Waals surface area contributed by atoms with Gasteiger partial charge in [-0.05, 0) is 6.42 Å². The number of terminal acetylenes is 1. The summed E-state index contributed by atoms with van der Waals surface area (Å²) in [6.07, 6.45) is 7.54. The van der Waals surface area contributed by atoms with Crippen LogP contribution >= 0.6 is 11.3 Å². The third-order valence-electron chi connectivity index (χ3n) is 2.51. The van der Waals surface area contributed by atoms with Crippen LogP contribution in [-0.2, 0) is 6.54 Å². The SMILES string of the molecule is C#CC(CCC)NCc1sc(N(C)C)nc1OC. The fraction of sp³-hybridized carbons (Fsp3) is 0.615. The molecule has 0 bridgehead atoms. The molecule has 4 nitrogen and oxygen atoms in total. The highest BCUT2D eigenvalue weighted by atomic mass is 32.1. The highest BCUT2D eigenvalue weighted by Gasteiger charge is 2.14. The zero-order valence-corrected chi connectivity index (χ0v) is 12.3. The molecule has 0 spiro atoms. The van der Waals surface area contributed by atoms with Gasteiger partial charge in [0.1, 0.15) is 0 Å². The van der Waals surface area contributed by atoms with E-state index in [-0.39, 0.29) is 6.04 Å². The smallest absolute Gasteiger partial charge is 0.230 e. The number of methoxy groups -OCH3 is 1. The Labute approximate surface area is 113 Å². The second kappa shape index (κ2) is 7.24. The predicted molar refractivity (Wildman–Crippen MR) is 77.4 cm³/mol. The normalized spacial score (nSPS) is 11.9. The minimum atomic E-state index is 0.115. The summed E-state index contributed by atoms with van der Waals surface area (Å²) in [6.45, 7) is 2.83. The zero-order chi connectivity index (χ0) is 13.5. The van der Waals surface area contributed by atoms with Crippen LogP contribution in [0.5, 0.6) is 5.88 Å². The lowest BCUT2D eigenvalue weighted by molar-refractivity contribution is 0.394. The zero-order valence-electron chi connectivity index (χ0n) is 11.5. The lowest BCUT2D eigenvalue weighted by Gasteiger charge is -2.11. The van der Waals surface area contributed by atoms with Crippen molar-refractivity contribution in [3.8, 4) is 18.2 Å². The molecule has 1 unspecified atom stereocenters. The molecule has 0 aliphatic rings. The Hall–Kier alpha value is -1.25. The van der Waals surface area contributed by atoms with E-state index in [1.165, 1.54) is 0 Å². The van der Waals surface area contributed by atoms with E-state index >= 15 is 0 Å². The number of rotatable bonds is 7. The van der Waals surface area contributed by atoms with E-state index in [9.17, 15) is 0 Å². The van der Waals surface area contributed by atoms with E-state index in [4.69, 9.17) is 11.2 Å². The topological polar surface area (TPSA) is 37.4 Å². The van der Waals surface area contributed by atoms with Gasteiger partial charge in [0, 0.05) is 20.6 Å². The summed E-state index contributed by atoms with van der Waals surface area (Å²) in [5.41, 5.74) is 0. The molecule has 1 rings (SSSR count). The van der Waals surface area contributed by atoms with Crippen molar-refractivity contribution in [3.63, 3.8) is 0 Å². The van der Waals surface area contributed by atoms with Crippen LogP contribution < -0.4 is 15.0 Å². The average molecular weight is 267 g/mol. The third-order valence-corrected chi connectivity index (χ3v) is 3.72. The number of hydrogen-bond acceptors (Lipinski definition) is 5. The minimum absolute atomic E-state index is 0.115. The van der Waals surface area contributed by atoms with Crippen molar-refractivity contribution in [2.45, 2.75) is 32.4 Å². The van der Waals surface area contributed by atoms with Gasteiger partial charge in [0.25, 0.3) is 0 Å². The van der Waals surface area contributed by atoms with Crippen molar-refractivity contribution in [1.82, 2.24) is 10.3 Å². The number of ether oxygens (including phenoxy) is 1. The summed E-state index contributed by atoms with van der Waals surface area (Å²) >= 11 is 1.62. The quantitative estimate of drug-likeness (QED) is 0.768. The van der Waals surface area contributed by atoms with Crippen molar-refractivity contribution < 1.29 is 4.74 Å². The van der Waals surface area contributed by atoms with Gasteiger partial charge in [-0.2, -0.15) is 4.98 Å². The minimum Gasteiger partial charge on any atom is -0.480 e. The van der Waals surface area contributed by atoms with E-state index < -0.39 is 0 Å². The van der Waals surface area contributed by atoms with Gasteiger partial charge in [-0.1, -0.05) is 30.6 Å². The number of nitrogens with one attached hydrogen (secondary N) is 1. The van der Waals surface area contributed by atoms with Crippen LogP contribution in [-0.4, -0.2) is 32.2 Å². The van der Waals surface area contributed by atoms with Crippen LogP contribution in [0.4, 0.5) is 5.13 Å². The van der Waals surface area contributed by atoms with Crippen LogP contribution in [0.15, 0.2) is 0 Å². The Balaban J connectivity index is 2.69. The van der Waals surface area contributed by atoms with Gasteiger partial charge in [-0.3, -0.25) is 5.32 Å². The van der Waals surface area contributed by atoms with Gasteiger partial charge in [0.2, 0.25) is 5.88 Å². The Morgan fingerprint density at radius 3 is 2.78 bits per heavy atom. The molecule has 18 heavy (non-hydrogen) atoms. The second-order valence-electron chi connectivity index (χ2n) is 4.21. The largest absolute Gasteiger partial charge is 0.480 e. The molecule has 1 aromatic heterocycles. The number of anilines is 1. The maximum atomic E-state index is 5.48. The Morgan fingerprint density at radius 1 is 1.56 bits per heavy atom. The molecule has 0 radical (unpaired) electrons. The first kappa shape index (κ1) is 14.8. The predicted octanol–water partition coefficient (Wildman–Crippen LogP) is 2.11. The maximum absolute atomic E-state index is 5.48. The van der Waals surface area contributed by atoms with Gasteiger partial charge in [-0.15, -0.1) is 6.42 Å². The molecule has 1 aromatic rings. The molecule has 0 aliphatic heterocycles. The average Bonchev–Trinajstić information content (AvgIpc) is 2.77. The van der Waals surface area contributed by atoms with E-state index in [2.05, 4.69) is 23.1 Å². The summed E-state index contributed by atoms with van der Waals surface area (Å²) in [5, 5.41) is 4.29. The highest BCUT2D eigenvalue weighted by Crippen LogP contribution is 2.30. The van der Waals surface area contributed by atoms with Gasteiger partial charge >= 0.3 is 0 Å². The van der Waals surface area contributed by atoms with Crippen LogP contribution in [0.25, 0.3) is 0 Å². The molecule has 1 heterocycles. The van der Waals surface area contributed by atoms with Crippen LogP contribution in [0.3, 0.4) is 0 Å². The van der Waals surface area contributed by atoms with E-state index in [0.29, 0.717) is 12.4 Å². The summed E-state index contributed by atoms with van der Waals surface area (Å²) in [4.78, 5) is 7.46. The molecule has 0 aliphatic carbocycles. The first-order valence-electron chi connectivity index (χ1n) is 6.02. The van der Waals surface area contributed by atoms with E-state index in [1.807, 2.05) is 19.0 Å². The van der Waals surface area contributed by atoms with Gasteiger partial charge in [-0.25, -0.2) is 0 Å². The van der Waals surface area contributed by atoms with Crippen LogP contribution in [0, 0.1) is 12.3 Å². The number of nitrogens with zero attached hydrogens (tertiary/aromatic N) is 2. The lowest BCUT2D eigenvalue weighted by atomic mass is 10.2. The second-order valence-corrected chi connectivity index (χ2v) is 5.27. The number of aromatic nitrogens is 1. The van der Waals surface area contributed by atoms with Crippen LogP contribution in [0.1, 0.15) is 24.6 Å². The van der Waals surface area contributed by atoms with Gasteiger partial charge in [0.05, 0.1) is 18.0 Å². The fourth-order valence-corrected chi connectivity index (χ4v) is 2.44. The van der Waals surface area contributed by atoms with Crippen LogP contribution in [0.2, 0.25) is 0 Å². The van der Waals surface area contributed by atoms with Gasteiger partial charge in [0.15, 0.2) is 5.13 Å². The Kier molecular flexibility index (Phi) is 5.96. The highest BCUT2D eigenvalue weighted by molar-refractivity contribution is 7.15. The van der Waals surface area contributed by atoms with Crippen molar-refractivity contribution in [2.75, 3.05) is 26.1 Å². The molecule has 1 atom stereocenters. The summed E-state index contributed by atoms with van der Waals surface area (Å²) < 4.78 is 5.28. The number of hydrogen-bond donors (Lipinski definition) is 1. The first-order valence-corrected chi connectivity index (χ1v) is 6.84. The molecule has 0 saturated carbocycles. The molecule has 0 aromatic carbocycles. The third kappa shape index (κ3) is 3.90. The molecule has 100 valence electrons. The molecule has 5 heteroatoms. The molecule has 1 N–H and O–H groups in total. The Morgan fingerprint density at radius 2 is 2.28 bits per heavy atom. The standard InChI is InChI=1S/C13H21N3OS/c1-6-8-10(7-2)14-9-11-12(17-5)15-13(18-11)16(3)4/h2,10,14H,6,8-9H2,1,3-5H3. The Bertz CT molecular complexity index is 409. The van der Waals surface area contributed by atoms with Crippen molar-refractivity contribution >= 4 is 16.5 Å². The number of thiazole rings is 1. The maximum Gasteiger partial charge on any atom is 0.230 e. The summed E-state index contributed by atoms with van der Waals surface area (Å²) in [7, 11) is 5.58. The summed E-state index contributed by atoms with van der Waals surface area (Å²) in [5.74, 6) is 3.45. The van der Waals surface area contributed by atoms with E-state index in [0.717, 1.165) is 22.9 Å². The fourth-order valence-electron chi connectivity index (χ4n) is 1.54. The van der Waals surface area contributed by atoms with E-state index in [1.54, 1.807) is 18.4 Å². The molecule has 0 saturated heterocycles. The van der Waals surface area contributed by atoms with Crippen molar-refractivity contribution in [1.29, 1.82) is 0 Å². The first-order chi connectivity index (χ1) is 8.62. The molecule has 0 fully saturated rings. The molecule has 0 amide bonds. The van der Waals surface area contributed by atoms with Crippen molar-refractivity contribution in [2.24, 2.45) is 0 Å². The van der Waals surface area contributed by atoms with Crippen molar-refractivity contribution in [3.05, 3.63) is 4.88 Å². The molecular formula is C13H21N3OS. The monoisotopic (exact) mass is 267 g/mol.